The maximum absolute atomic E-state index is 12.6. The molecule has 7 heteroatoms. The third-order valence-corrected chi connectivity index (χ3v) is 4.87. The lowest BCUT2D eigenvalue weighted by molar-refractivity contribution is 0.585. The molecule has 0 spiro atoms. The van der Waals surface area contributed by atoms with Gasteiger partial charge in [-0.2, -0.15) is 8.42 Å². The molecule has 19 heavy (non-hydrogen) atoms. The van der Waals surface area contributed by atoms with Crippen LogP contribution in [0.4, 0.5) is 11.5 Å². The topological polar surface area (TPSA) is 81.2 Å². The first-order valence-corrected chi connectivity index (χ1v) is 7.11. The SMILES string of the molecule is Cc1ccccc1N(C)S(=O)(=O)c1c(N)ncn1C. The van der Waals surface area contributed by atoms with Crippen molar-refractivity contribution in [3.8, 4) is 0 Å². The van der Waals surface area contributed by atoms with Gasteiger partial charge >= 0.3 is 0 Å². The molecule has 0 unspecified atom stereocenters. The number of hydrogen-bond acceptors (Lipinski definition) is 4. The van der Waals surface area contributed by atoms with Crippen LogP contribution < -0.4 is 10.0 Å². The Bertz CT molecular complexity index is 687. The van der Waals surface area contributed by atoms with E-state index < -0.39 is 10.0 Å². The molecule has 0 fully saturated rings. The van der Waals surface area contributed by atoms with Gasteiger partial charge in [-0.05, 0) is 18.6 Å². The maximum Gasteiger partial charge on any atom is 0.283 e. The summed E-state index contributed by atoms with van der Waals surface area (Å²) in [5, 5.41) is -0.00162. The van der Waals surface area contributed by atoms with Crippen molar-refractivity contribution in [2.45, 2.75) is 11.9 Å². The first-order valence-electron chi connectivity index (χ1n) is 5.67. The van der Waals surface area contributed by atoms with Crippen LogP contribution in [0.15, 0.2) is 35.6 Å². The molecule has 0 saturated heterocycles. The second-order valence-corrected chi connectivity index (χ2v) is 6.19. The molecule has 0 aliphatic rings. The zero-order chi connectivity index (χ0) is 14.2. The molecule has 0 saturated carbocycles. The largest absolute Gasteiger partial charge is 0.381 e. The normalized spacial score (nSPS) is 11.5. The van der Waals surface area contributed by atoms with E-state index in [9.17, 15) is 8.42 Å². The lowest BCUT2D eigenvalue weighted by Crippen LogP contribution is -2.29. The lowest BCUT2D eigenvalue weighted by atomic mass is 10.2. The van der Waals surface area contributed by atoms with E-state index in [1.54, 1.807) is 19.2 Å². The van der Waals surface area contributed by atoms with Gasteiger partial charge in [0, 0.05) is 14.1 Å². The van der Waals surface area contributed by atoms with Gasteiger partial charge in [-0.1, -0.05) is 18.2 Å². The Balaban J connectivity index is 2.55. The number of nitrogen functional groups attached to an aromatic ring is 1. The van der Waals surface area contributed by atoms with Gasteiger partial charge in [0.1, 0.15) is 0 Å². The number of hydrogen-bond donors (Lipinski definition) is 1. The molecule has 2 N–H and O–H groups in total. The van der Waals surface area contributed by atoms with Gasteiger partial charge in [-0.25, -0.2) is 4.98 Å². The number of imidazole rings is 1. The zero-order valence-corrected chi connectivity index (χ0v) is 11.8. The molecule has 1 heterocycles. The molecule has 0 aliphatic heterocycles. The Kier molecular flexibility index (Phi) is 3.23. The number of nitrogens with two attached hydrogens (primary N) is 1. The number of aromatic nitrogens is 2. The van der Waals surface area contributed by atoms with Crippen molar-refractivity contribution in [1.29, 1.82) is 0 Å². The van der Waals surface area contributed by atoms with Crippen LogP contribution in [0, 0.1) is 6.92 Å². The average molecular weight is 280 g/mol. The predicted molar refractivity (Wildman–Crippen MR) is 74.4 cm³/mol. The molecule has 0 aliphatic carbocycles. The lowest BCUT2D eigenvalue weighted by Gasteiger charge is -2.21. The molecule has 2 aromatic rings. The minimum Gasteiger partial charge on any atom is -0.381 e. The molecular formula is C12H16N4O2S. The molecule has 102 valence electrons. The van der Waals surface area contributed by atoms with Crippen LogP contribution in [0.1, 0.15) is 5.56 Å². The van der Waals surface area contributed by atoms with Crippen LogP contribution in [0.2, 0.25) is 0 Å². The van der Waals surface area contributed by atoms with E-state index in [4.69, 9.17) is 5.73 Å². The number of para-hydroxylation sites is 1. The summed E-state index contributed by atoms with van der Waals surface area (Å²) in [7, 11) is -0.621. The monoisotopic (exact) mass is 280 g/mol. The van der Waals surface area contributed by atoms with Crippen LogP contribution in [-0.4, -0.2) is 25.0 Å². The van der Waals surface area contributed by atoms with E-state index in [1.807, 2.05) is 19.1 Å². The van der Waals surface area contributed by atoms with E-state index in [0.717, 1.165) is 5.56 Å². The van der Waals surface area contributed by atoms with Gasteiger partial charge in [0.15, 0.2) is 10.8 Å². The second-order valence-electron chi connectivity index (χ2n) is 4.30. The van der Waals surface area contributed by atoms with Crippen molar-refractivity contribution >= 4 is 21.5 Å². The highest BCUT2D eigenvalue weighted by Crippen LogP contribution is 2.26. The smallest absolute Gasteiger partial charge is 0.283 e. The van der Waals surface area contributed by atoms with Gasteiger partial charge in [0.25, 0.3) is 10.0 Å². The summed E-state index contributed by atoms with van der Waals surface area (Å²) in [4.78, 5) is 3.82. The third-order valence-electron chi connectivity index (χ3n) is 2.97. The second kappa shape index (κ2) is 4.58. The predicted octanol–water partition coefficient (Wildman–Crippen LogP) is 1.14. The van der Waals surface area contributed by atoms with Gasteiger partial charge in [-0.15, -0.1) is 0 Å². The van der Waals surface area contributed by atoms with E-state index in [2.05, 4.69) is 4.98 Å². The molecule has 1 aromatic carbocycles. The molecule has 0 radical (unpaired) electrons. The maximum atomic E-state index is 12.6. The number of anilines is 2. The Labute approximate surface area is 112 Å². The first-order chi connectivity index (χ1) is 8.85. The van der Waals surface area contributed by atoms with Gasteiger partial charge in [0.2, 0.25) is 0 Å². The van der Waals surface area contributed by atoms with Crippen molar-refractivity contribution in [2.24, 2.45) is 7.05 Å². The third kappa shape index (κ3) is 2.17. The van der Waals surface area contributed by atoms with Crippen LogP contribution in [0.5, 0.6) is 0 Å². The van der Waals surface area contributed by atoms with E-state index in [-0.39, 0.29) is 10.8 Å². The molecular weight excluding hydrogens is 264 g/mol. The van der Waals surface area contributed by atoms with Gasteiger partial charge in [0.05, 0.1) is 12.0 Å². The Hall–Kier alpha value is -2.02. The van der Waals surface area contributed by atoms with Crippen LogP contribution in [0.3, 0.4) is 0 Å². The van der Waals surface area contributed by atoms with Crippen LogP contribution in [-0.2, 0) is 17.1 Å². The summed E-state index contributed by atoms with van der Waals surface area (Å²) in [5.74, 6) is 0.00272. The standard InChI is InChI=1S/C12H16N4O2S/c1-9-6-4-5-7-10(9)16(3)19(17,18)12-11(13)14-8-15(12)2/h4-8H,13H2,1-3H3. The van der Waals surface area contributed by atoms with Crippen molar-refractivity contribution in [1.82, 2.24) is 9.55 Å². The molecule has 0 atom stereocenters. The summed E-state index contributed by atoms with van der Waals surface area (Å²) >= 11 is 0. The van der Waals surface area contributed by atoms with Crippen LogP contribution >= 0.6 is 0 Å². The quantitative estimate of drug-likeness (QED) is 0.914. The fourth-order valence-electron chi connectivity index (χ4n) is 1.93. The van der Waals surface area contributed by atoms with Gasteiger partial charge < -0.3 is 10.3 Å². The number of aryl methyl sites for hydroxylation is 2. The van der Waals surface area contributed by atoms with Crippen LogP contribution in [0.25, 0.3) is 0 Å². The molecule has 2 rings (SSSR count). The highest BCUT2D eigenvalue weighted by atomic mass is 32.2. The molecule has 1 aromatic heterocycles. The molecule has 0 bridgehead atoms. The van der Waals surface area contributed by atoms with Crippen molar-refractivity contribution in [2.75, 3.05) is 17.1 Å². The fourth-order valence-corrected chi connectivity index (χ4v) is 3.38. The summed E-state index contributed by atoms with van der Waals surface area (Å²) in [5.41, 5.74) is 7.13. The van der Waals surface area contributed by atoms with Crippen molar-refractivity contribution in [3.63, 3.8) is 0 Å². The fraction of sp³-hybridized carbons (Fsp3) is 0.250. The van der Waals surface area contributed by atoms with Gasteiger partial charge in [-0.3, -0.25) is 4.31 Å². The number of sulfonamides is 1. The summed E-state index contributed by atoms with van der Waals surface area (Å²) < 4.78 is 27.8. The van der Waals surface area contributed by atoms with E-state index in [1.165, 1.54) is 22.2 Å². The minimum atomic E-state index is -3.72. The van der Waals surface area contributed by atoms with E-state index in [0.29, 0.717) is 5.69 Å². The molecule has 6 nitrogen and oxygen atoms in total. The number of nitrogens with zero attached hydrogens (tertiary/aromatic N) is 3. The Morgan fingerprint density at radius 3 is 2.47 bits per heavy atom. The van der Waals surface area contributed by atoms with Crippen molar-refractivity contribution < 1.29 is 8.42 Å². The average Bonchev–Trinajstić information content (AvgIpc) is 2.69. The minimum absolute atomic E-state index is 0.00162. The summed E-state index contributed by atoms with van der Waals surface area (Å²) in [6.45, 7) is 1.86. The van der Waals surface area contributed by atoms with E-state index >= 15 is 0 Å². The van der Waals surface area contributed by atoms with Crippen molar-refractivity contribution in [3.05, 3.63) is 36.2 Å². The first kappa shape index (κ1) is 13.4. The molecule has 0 amide bonds. The zero-order valence-electron chi connectivity index (χ0n) is 11.0. The number of rotatable bonds is 3. The highest BCUT2D eigenvalue weighted by Gasteiger charge is 2.28. The Morgan fingerprint density at radius 1 is 1.32 bits per heavy atom. The summed E-state index contributed by atoms with van der Waals surface area (Å²) in [6.07, 6.45) is 1.38. The summed E-state index contributed by atoms with van der Waals surface area (Å²) in [6, 6.07) is 7.26. The highest BCUT2D eigenvalue weighted by molar-refractivity contribution is 7.92. The number of benzene rings is 1. The Morgan fingerprint density at radius 2 is 1.95 bits per heavy atom.